The first kappa shape index (κ1) is 57.0. The summed E-state index contributed by atoms with van der Waals surface area (Å²) in [7, 11) is 1.32. The van der Waals surface area contributed by atoms with Gasteiger partial charge in [0.2, 0.25) is 11.7 Å². The highest BCUT2D eigenvalue weighted by atomic mass is 35.5. The fourth-order valence-electron chi connectivity index (χ4n) is 8.59. The SMILES string of the molecule is COc1cccc2c1C(=O)c1c(O)c3c(c(O)c1C2=O)CC(O)(C(=O)CO)CC3OC1CC(N)C(O)C(C)O1.Cl.Nc1ccc(C#CCN(C(=O)Cc2ncc(C(F)(F)F)cc2C(F)(F)F)c2ccc(F)cc2)nn1. The lowest BCUT2D eigenvalue weighted by Crippen LogP contribution is -2.53. The molecule has 0 saturated carbocycles. The lowest BCUT2D eigenvalue weighted by atomic mass is 9.72. The minimum Gasteiger partial charge on any atom is -0.507 e. The van der Waals surface area contributed by atoms with E-state index in [2.05, 4.69) is 27.0 Å². The summed E-state index contributed by atoms with van der Waals surface area (Å²) in [5.41, 5.74) is 3.88. The van der Waals surface area contributed by atoms with Crippen LogP contribution in [0.25, 0.3) is 0 Å². The standard InChI is InChI=1S/C27H29NO11.C22H14F7N5O.ClH/c1-10-22(31)13(28)6-17(38-10)39-15-8-27(36,16(30)9-29)7-12-19(15)26(35)21-20(24(12)33)23(32)11-4-3-5-14(37-2)18(11)25(21)34;23-14-3-6-16(7-4-14)34(9-1-2-15-5-8-19(30)33-32-15)20(35)11-18-17(22(27,28)29)10-13(12-31-18)21(24,25)26;/h3-5,10,13,15,17,22,29,31,33,35-36H,6-9,28H2,1-2H3;3-8,10,12H,9,11H2,(H2,30,33);1H. The summed E-state index contributed by atoms with van der Waals surface area (Å²) in [5.74, 6) is -0.0342. The van der Waals surface area contributed by atoms with Crippen molar-refractivity contribution in [3.63, 3.8) is 0 Å². The fraction of sp³-hybridized carbons (Fsp3) is 0.327. The summed E-state index contributed by atoms with van der Waals surface area (Å²) in [6.07, 6.45) is -16.1. The number of halogens is 8. The number of amides is 1. The molecule has 6 atom stereocenters. The van der Waals surface area contributed by atoms with Gasteiger partial charge in [0.15, 0.2) is 17.9 Å². The number of aromatic nitrogens is 3. The Morgan fingerprint density at radius 2 is 1.64 bits per heavy atom. The van der Waals surface area contributed by atoms with Crippen molar-refractivity contribution in [3.8, 4) is 29.1 Å². The fourth-order valence-corrected chi connectivity index (χ4v) is 8.59. The summed E-state index contributed by atoms with van der Waals surface area (Å²) < 4.78 is 109. The van der Waals surface area contributed by atoms with E-state index in [0.29, 0.717) is 0 Å². The molecule has 398 valence electrons. The van der Waals surface area contributed by atoms with Gasteiger partial charge in [-0.1, -0.05) is 18.1 Å². The van der Waals surface area contributed by atoms with Crippen molar-refractivity contribution in [2.45, 2.75) is 81.2 Å². The number of methoxy groups -OCH3 is 1. The molecule has 18 nitrogen and oxygen atoms in total. The number of nitrogen functional groups attached to an aromatic ring is 1. The quantitative estimate of drug-likeness (QED) is 0.0588. The molecule has 9 N–H and O–H groups in total. The largest absolute Gasteiger partial charge is 0.507 e. The van der Waals surface area contributed by atoms with Crippen molar-refractivity contribution in [2.75, 3.05) is 30.9 Å². The van der Waals surface area contributed by atoms with Crippen LogP contribution >= 0.6 is 12.4 Å². The van der Waals surface area contributed by atoms with Gasteiger partial charge < -0.3 is 56.1 Å². The lowest BCUT2D eigenvalue weighted by molar-refractivity contribution is -0.247. The van der Waals surface area contributed by atoms with Crippen LogP contribution < -0.4 is 21.1 Å². The number of ketones is 3. The molecule has 75 heavy (non-hydrogen) atoms. The zero-order valence-electron chi connectivity index (χ0n) is 39.1. The van der Waals surface area contributed by atoms with Gasteiger partial charge in [-0.3, -0.25) is 24.2 Å². The molecule has 1 saturated heterocycles. The van der Waals surface area contributed by atoms with Crippen molar-refractivity contribution >= 4 is 47.2 Å². The molecule has 3 heterocycles. The van der Waals surface area contributed by atoms with Crippen LogP contribution in [0.1, 0.15) is 91.4 Å². The summed E-state index contributed by atoms with van der Waals surface area (Å²) in [6, 6.07) is 10.8. The number of ether oxygens (including phenoxy) is 3. The Morgan fingerprint density at radius 3 is 2.24 bits per heavy atom. The van der Waals surface area contributed by atoms with Crippen LogP contribution in [-0.2, 0) is 44.3 Å². The maximum atomic E-state index is 13.6. The number of anilines is 2. The van der Waals surface area contributed by atoms with Gasteiger partial charge in [0.05, 0.1) is 71.9 Å². The number of benzene rings is 3. The number of pyridine rings is 1. The molecule has 2 aliphatic carbocycles. The molecule has 6 unspecified atom stereocenters. The molecule has 1 fully saturated rings. The van der Waals surface area contributed by atoms with E-state index in [0.717, 1.165) is 17.0 Å². The third-order valence-corrected chi connectivity index (χ3v) is 12.3. The number of alkyl halides is 6. The van der Waals surface area contributed by atoms with E-state index in [9.17, 15) is 75.4 Å². The number of hydrogen-bond acceptors (Lipinski definition) is 17. The van der Waals surface area contributed by atoms with Gasteiger partial charge in [-0.25, -0.2) is 4.39 Å². The number of aromatic hydroxyl groups is 2. The normalized spacial score (nSPS) is 20.9. The second kappa shape index (κ2) is 22.3. The number of nitrogens with two attached hydrogens (primary N) is 2. The summed E-state index contributed by atoms with van der Waals surface area (Å²) >= 11 is 0. The number of phenolic OH excluding ortho intramolecular Hbond substituents is 2. The molecule has 26 heteroatoms. The average molecular weight is 1080 g/mol. The van der Waals surface area contributed by atoms with Gasteiger partial charge in [-0.05, 0) is 61.4 Å². The highest BCUT2D eigenvalue weighted by Crippen LogP contribution is 2.52. The van der Waals surface area contributed by atoms with E-state index in [4.69, 9.17) is 25.7 Å². The number of rotatable bonds is 9. The van der Waals surface area contributed by atoms with Gasteiger partial charge in [0.25, 0.3) is 0 Å². The molecule has 1 amide bonds. The number of phenols is 2. The lowest BCUT2D eigenvalue weighted by Gasteiger charge is -2.42. The zero-order valence-corrected chi connectivity index (χ0v) is 39.9. The number of hydrogen-bond donors (Lipinski definition) is 7. The molecule has 2 aromatic heterocycles. The Kier molecular flexibility index (Phi) is 16.9. The van der Waals surface area contributed by atoms with Crippen LogP contribution in [0.4, 0.5) is 42.2 Å². The van der Waals surface area contributed by atoms with Crippen LogP contribution in [0.15, 0.2) is 66.9 Å². The van der Waals surface area contributed by atoms with E-state index >= 15 is 0 Å². The van der Waals surface area contributed by atoms with Crippen LogP contribution in [-0.4, -0.2) is 114 Å². The number of fused-ring (bicyclic) bond motifs is 3. The van der Waals surface area contributed by atoms with Crippen LogP contribution in [0.3, 0.4) is 0 Å². The predicted octanol–water partition coefficient (Wildman–Crippen LogP) is 4.68. The molecule has 0 spiro atoms. The van der Waals surface area contributed by atoms with Crippen molar-refractivity contribution in [2.24, 2.45) is 5.73 Å². The van der Waals surface area contributed by atoms with Gasteiger partial charge in [0.1, 0.15) is 46.8 Å². The molecular formula is C49H44ClF7N6O12. The smallest absolute Gasteiger partial charge is 0.418 e. The van der Waals surface area contributed by atoms with Crippen LogP contribution in [0.5, 0.6) is 17.2 Å². The minimum absolute atomic E-state index is 0. The minimum atomic E-state index is -5.20. The maximum Gasteiger partial charge on any atom is 0.418 e. The molecule has 3 aromatic carbocycles. The van der Waals surface area contributed by atoms with Gasteiger partial charge in [-0.2, -0.15) is 26.3 Å². The molecule has 1 aliphatic heterocycles. The van der Waals surface area contributed by atoms with Crippen LogP contribution in [0, 0.1) is 17.7 Å². The number of carbonyl (C=O) groups is 4. The Bertz CT molecular complexity index is 3070. The van der Waals surface area contributed by atoms with E-state index in [1.54, 1.807) is 6.92 Å². The first-order chi connectivity index (χ1) is 34.8. The Morgan fingerprint density at radius 1 is 0.960 bits per heavy atom. The maximum absolute atomic E-state index is 13.6. The zero-order chi connectivity index (χ0) is 54.2. The topological polar surface area (TPSA) is 291 Å². The van der Waals surface area contributed by atoms with Crippen molar-refractivity contribution < 1.29 is 89.7 Å². The number of aliphatic hydroxyl groups excluding tert-OH is 2. The Hall–Kier alpha value is -7.31. The number of Topliss-reactive ketones (excluding diaryl/α,β-unsaturated/α-hetero) is 1. The van der Waals surface area contributed by atoms with Gasteiger partial charge in [-0.15, -0.1) is 22.6 Å². The second-order valence-corrected chi connectivity index (χ2v) is 17.2. The predicted molar refractivity (Wildman–Crippen MR) is 249 cm³/mol. The van der Waals surface area contributed by atoms with E-state index < -0.39 is 143 Å². The van der Waals surface area contributed by atoms with Gasteiger partial charge in [0, 0.05) is 53.9 Å². The van der Waals surface area contributed by atoms with E-state index in [1.807, 2.05) is 0 Å². The third-order valence-electron chi connectivity index (χ3n) is 12.3. The summed E-state index contributed by atoms with van der Waals surface area (Å²) in [5, 5.41) is 61.0. The van der Waals surface area contributed by atoms with E-state index in [-0.39, 0.29) is 82.8 Å². The summed E-state index contributed by atoms with van der Waals surface area (Å²) in [6.45, 7) is 0.197. The average Bonchev–Trinajstić information content (AvgIpc) is 3.34. The number of carbonyl (C=O) groups excluding carboxylic acids is 4. The van der Waals surface area contributed by atoms with Crippen molar-refractivity contribution in [1.82, 2.24) is 15.2 Å². The molecule has 5 aromatic rings. The van der Waals surface area contributed by atoms with Crippen LogP contribution in [0.2, 0.25) is 0 Å². The third kappa shape index (κ3) is 11.8. The Balaban J connectivity index is 0.000000242. The number of aliphatic hydroxyl groups is 3. The van der Waals surface area contributed by atoms with Crippen molar-refractivity contribution in [1.29, 1.82) is 0 Å². The molecule has 0 bridgehead atoms. The number of nitrogens with zero attached hydrogens (tertiary/aromatic N) is 4. The van der Waals surface area contributed by atoms with Gasteiger partial charge >= 0.3 is 12.4 Å². The highest BCUT2D eigenvalue weighted by Gasteiger charge is 2.50. The first-order valence-corrected chi connectivity index (χ1v) is 22.0. The molecule has 3 aliphatic rings. The molecular weight excluding hydrogens is 1030 g/mol. The summed E-state index contributed by atoms with van der Waals surface area (Å²) in [4.78, 5) is 56.9. The molecule has 8 rings (SSSR count). The van der Waals surface area contributed by atoms with Crippen molar-refractivity contribution in [3.05, 3.63) is 129 Å². The molecule has 0 radical (unpaired) electrons. The highest BCUT2D eigenvalue weighted by molar-refractivity contribution is 6.31. The Labute approximate surface area is 426 Å². The second-order valence-electron chi connectivity index (χ2n) is 17.2. The first-order valence-electron chi connectivity index (χ1n) is 22.0. The van der Waals surface area contributed by atoms with E-state index in [1.165, 1.54) is 49.6 Å². The monoisotopic (exact) mass is 1080 g/mol.